The molecule has 0 amide bonds. The predicted octanol–water partition coefficient (Wildman–Crippen LogP) is 6.79. The Balaban J connectivity index is 5.75. The number of carbonyl (C=O) groups is 1. The van der Waals surface area contributed by atoms with Crippen molar-refractivity contribution in [2.75, 3.05) is 0 Å². The van der Waals surface area contributed by atoms with Crippen molar-refractivity contribution >= 4 is 22.2 Å². The van der Waals surface area contributed by atoms with E-state index >= 15 is 8.78 Å². The Hall–Kier alpha value is 0.0687. The topological polar surface area (TPSA) is 17.1 Å². The average Bonchev–Trinajstić information content (AvgIpc) is 2.53. The van der Waals surface area contributed by atoms with Crippen LogP contribution in [0.4, 0.5) is 8.78 Å². The minimum atomic E-state index is -3.57. The maximum atomic E-state index is 15.0. The Morgan fingerprint density at radius 1 is 0.957 bits per heavy atom. The summed E-state index contributed by atoms with van der Waals surface area (Å²) >= 11 is -3.57. The number of alkyl halides is 2. The molecule has 0 rings (SSSR count). The summed E-state index contributed by atoms with van der Waals surface area (Å²) in [5.41, 5.74) is -1.46. The Labute approximate surface area is 146 Å². The monoisotopic (exact) mass is 438 g/mol. The summed E-state index contributed by atoms with van der Waals surface area (Å²) in [6.07, 6.45) is 6.92. The van der Waals surface area contributed by atoms with Gasteiger partial charge in [-0.25, -0.2) is 0 Å². The van der Waals surface area contributed by atoms with E-state index in [9.17, 15) is 4.79 Å². The van der Waals surface area contributed by atoms with Crippen molar-refractivity contribution in [3.63, 3.8) is 0 Å². The van der Waals surface area contributed by atoms with E-state index in [0.29, 0.717) is 0 Å². The normalized spacial score (nSPS) is 13.2. The van der Waals surface area contributed by atoms with Crippen LogP contribution in [-0.4, -0.2) is 28.1 Å². The SMILES string of the molecule is C=CC(C)(C)C(F)(F)[C](=O)[Sn]([CH2]CCC)([CH2]CCC)[CH2]CCC. The van der Waals surface area contributed by atoms with Gasteiger partial charge in [0.15, 0.2) is 0 Å². The molecule has 0 spiro atoms. The average molecular weight is 437 g/mol. The number of carbonyl (C=O) groups excluding carboxylic acids is 1. The first-order valence-electron chi connectivity index (χ1n) is 9.21. The van der Waals surface area contributed by atoms with E-state index in [0.717, 1.165) is 51.8 Å². The molecule has 0 radical (unpaired) electrons. The van der Waals surface area contributed by atoms with Crippen molar-refractivity contribution in [1.82, 2.24) is 0 Å². The molecule has 0 aromatic heterocycles. The molecule has 0 saturated heterocycles. The van der Waals surface area contributed by atoms with Gasteiger partial charge in [0.2, 0.25) is 0 Å². The summed E-state index contributed by atoms with van der Waals surface area (Å²) in [6, 6.07) is 0. The Morgan fingerprint density at radius 3 is 1.57 bits per heavy atom. The van der Waals surface area contributed by atoms with E-state index in [1.807, 2.05) is 0 Å². The second kappa shape index (κ2) is 10.1. The fourth-order valence-electron chi connectivity index (χ4n) is 3.01. The van der Waals surface area contributed by atoms with Crippen LogP contribution in [0, 0.1) is 5.41 Å². The second-order valence-corrected chi connectivity index (χ2v) is 20.3. The molecule has 1 nitrogen and oxygen atoms in total. The Kier molecular flexibility index (Phi) is 10.2. The molecule has 0 saturated carbocycles. The standard InChI is InChI=1S/C7H9F2O.3C4H9.Sn/c1-4-6(2,3)7(8,9)5-10;3*1-3-4-2;/h4H,1H2,2-3H3;3*1,3-4H2,2H3;. The van der Waals surface area contributed by atoms with Crippen LogP contribution in [0.5, 0.6) is 0 Å². The first kappa shape index (κ1) is 23.1. The van der Waals surface area contributed by atoms with E-state index in [1.165, 1.54) is 19.9 Å². The van der Waals surface area contributed by atoms with Crippen molar-refractivity contribution in [2.45, 2.75) is 92.4 Å². The first-order chi connectivity index (χ1) is 10.6. The summed E-state index contributed by atoms with van der Waals surface area (Å²) in [4.78, 5) is 13.1. The van der Waals surface area contributed by atoms with Crippen molar-refractivity contribution < 1.29 is 13.6 Å². The summed E-state index contributed by atoms with van der Waals surface area (Å²) < 4.78 is 31.7. The van der Waals surface area contributed by atoms with Gasteiger partial charge in [0.1, 0.15) is 0 Å². The predicted molar refractivity (Wildman–Crippen MR) is 98.8 cm³/mol. The van der Waals surface area contributed by atoms with Crippen molar-refractivity contribution in [1.29, 1.82) is 0 Å². The second-order valence-electron chi connectivity index (χ2n) is 7.42. The number of unbranched alkanes of at least 4 members (excludes halogenated alkanes) is 3. The number of hydrogen-bond donors (Lipinski definition) is 0. The third kappa shape index (κ3) is 5.82. The minimum absolute atomic E-state index is 0.646. The number of halogens is 2. The van der Waals surface area contributed by atoms with Crippen molar-refractivity contribution in [3.8, 4) is 0 Å². The van der Waals surface area contributed by atoms with Crippen LogP contribution in [0.15, 0.2) is 12.7 Å². The maximum absolute atomic E-state index is 15.0. The fraction of sp³-hybridized carbons (Fsp3) is 0.842. The molecule has 0 atom stereocenters. The van der Waals surface area contributed by atoms with E-state index in [-0.39, 0.29) is 0 Å². The zero-order valence-corrected chi connectivity index (χ0v) is 18.7. The fourth-order valence-corrected chi connectivity index (χ4v) is 18.7. The molecular weight excluding hydrogens is 401 g/mol. The molecule has 0 bridgehead atoms. The zero-order valence-electron chi connectivity index (χ0n) is 15.8. The van der Waals surface area contributed by atoms with Gasteiger partial charge >= 0.3 is 146 Å². The van der Waals surface area contributed by atoms with Gasteiger partial charge in [-0.2, -0.15) is 0 Å². The van der Waals surface area contributed by atoms with Gasteiger partial charge in [0.25, 0.3) is 0 Å². The summed E-state index contributed by atoms with van der Waals surface area (Å²) in [5, 5.41) is 0. The summed E-state index contributed by atoms with van der Waals surface area (Å²) in [6.45, 7) is 12.6. The van der Waals surface area contributed by atoms with E-state index in [1.54, 1.807) is 0 Å². The van der Waals surface area contributed by atoms with Crippen LogP contribution in [0.1, 0.15) is 73.1 Å². The third-order valence-electron chi connectivity index (χ3n) is 5.11. The van der Waals surface area contributed by atoms with Crippen molar-refractivity contribution in [3.05, 3.63) is 12.7 Å². The molecule has 0 aliphatic carbocycles. The Morgan fingerprint density at radius 2 is 1.30 bits per heavy atom. The molecule has 0 N–H and O–H groups in total. The number of rotatable bonds is 13. The molecule has 23 heavy (non-hydrogen) atoms. The van der Waals surface area contributed by atoms with E-state index in [4.69, 9.17) is 0 Å². The van der Waals surface area contributed by atoms with Crippen LogP contribution < -0.4 is 0 Å². The van der Waals surface area contributed by atoms with Crippen LogP contribution in [0.3, 0.4) is 0 Å². The van der Waals surface area contributed by atoms with E-state index < -0.39 is 33.5 Å². The number of hydrogen-bond acceptors (Lipinski definition) is 1. The summed E-state index contributed by atoms with van der Waals surface area (Å²) in [5.74, 6) is -3.28. The van der Waals surface area contributed by atoms with Gasteiger partial charge in [0, 0.05) is 0 Å². The number of allylic oxidation sites excluding steroid dienone is 1. The molecule has 0 aliphatic rings. The van der Waals surface area contributed by atoms with Crippen LogP contribution >= 0.6 is 0 Å². The first-order valence-corrected chi connectivity index (χ1v) is 16.7. The molecule has 0 aromatic carbocycles. The van der Waals surface area contributed by atoms with Gasteiger partial charge in [0.05, 0.1) is 0 Å². The van der Waals surface area contributed by atoms with Crippen molar-refractivity contribution in [2.24, 2.45) is 5.41 Å². The molecule has 0 heterocycles. The summed E-state index contributed by atoms with van der Waals surface area (Å²) in [7, 11) is 0. The van der Waals surface area contributed by atoms with E-state index in [2.05, 4.69) is 27.4 Å². The molecule has 0 fully saturated rings. The van der Waals surface area contributed by atoms with Gasteiger partial charge in [-0.3, -0.25) is 0 Å². The van der Waals surface area contributed by atoms with Gasteiger partial charge in [-0.05, 0) is 0 Å². The molecule has 136 valence electrons. The molecule has 0 aromatic rings. The van der Waals surface area contributed by atoms with Crippen LogP contribution in [0.25, 0.3) is 0 Å². The van der Waals surface area contributed by atoms with Gasteiger partial charge < -0.3 is 0 Å². The van der Waals surface area contributed by atoms with Gasteiger partial charge in [-0.15, -0.1) is 0 Å². The quantitative estimate of drug-likeness (QED) is 0.229. The van der Waals surface area contributed by atoms with Gasteiger partial charge in [-0.1, -0.05) is 0 Å². The third-order valence-corrected chi connectivity index (χ3v) is 20.0. The molecule has 0 aliphatic heterocycles. The van der Waals surface area contributed by atoms with Crippen LogP contribution in [-0.2, 0) is 4.79 Å². The molecule has 0 unspecified atom stereocenters. The zero-order chi connectivity index (χ0) is 18.1. The van der Waals surface area contributed by atoms with Crippen LogP contribution in [0.2, 0.25) is 13.3 Å². The molecule has 4 heteroatoms. The Bertz CT molecular complexity index is 356. The molecular formula is C19H36F2OSn.